The van der Waals surface area contributed by atoms with Gasteiger partial charge in [-0.15, -0.1) is 0 Å². The summed E-state index contributed by atoms with van der Waals surface area (Å²) in [6, 6.07) is 12.1. The normalized spacial score (nSPS) is 14.6. The van der Waals surface area contributed by atoms with Gasteiger partial charge in [-0.2, -0.15) is 0 Å². The third-order valence-electron chi connectivity index (χ3n) is 5.58. The minimum atomic E-state index is -0.0206. The van der Waals surface area contributed by atoms with Crippen LogP contribution in [0.25, 0.3) is 0 Å². The van der Waals surface area contributed by atoms with Gasteiger partial charge in [0.1, 0.15) is 0 Å². The number of nitrogens with zero attached hydrogens (tertiary/aromatic N) is 2. The highest BCUT2D eigenvalue weighted by molar-refractivity contribution is 5.89. The third kappa shape index (κ3) is 5.41. The molecule has 0 aromatic heterocycles. The summed E-state index contributed by atoms with van der Waals surface area (Å²) >= 11 is 0. The lowest BCUT2D eigenvalue weighted by Crippen LogP contribution is -2.50. The monoisotopic (exact) mass is 397 g/mol. The first kappa shape index (κ1) is 21.0. The molecule has 0 unspecified atom stereocenters. The number of urea groups is 1. The molecule has 0 spiro atoms. The number of rotatable bonds is 6. The molecule has 1 fully saturated rings. The van der Waals surface area contributed by atoms with Crippen molar-refractivity contribution < 1.29 is 14.3 Å². The van der Waals surface area contributed by atoms with Gasteiger partial charge in [-0.05, 0) is 61.2 Å². The van der Waals surface area contributed by atoms with Crippen LogP contribution in [0, 0.1) is 13.8 Å². The van der Waals surface area contributed by atoms with Crippen LogP contribution in [-0.4, -0.2) is 62.8 Å². The predicted octanol–water partition coefficient (Wildman–Crippen LogP) is 3.71. The van der Waals surface area contributed by atoms with Crippen LogP contribution in [0.3, 0.4) is 0 Å². The Bertz CT molecular complexity index is 845. The van der Waals surface area contributed by atoms with Crippen LogP contribution in [-0.2, 0) is 6.42 Å². The second-order valence-electron chi connectivity index (χ2n) is 7.50. The number of piperazine rings is 1. The lowest BCUT2D eigenvalue weighted by atomic mass is 10.1. The number of carbonyl (C=O) groups excluding carboxylic acids is 1. The van der Waals surface area contributed by atoms with Gasteiger partial charge in [0.2, 0.25) is 0 Å². The highest BCUT2D eigenvalue weighted by Crippen LogP contribution is 2.27. The Labute approximate surface area is 173 Å². The Morgan fingerprint density at radius 3 is 2.31 bits per heavy atom. The van der Waals surface area contributed by atoms with Crippen molar-refractivity contribution in [1.82, 2.24) is 9.80 Å². The first-order valence-electron chi connectivity index (χ1n) is 10.1. The number of benzene rings is 2. The van der Waals surface area contributed by atoms with Crippen LogP contribution < -0.4 is 14.8 Å². The van der Waals surface area contributed by atoms with Crippen LogP contribution in [0.1, 0.15) is 16.7 Å². The highest BCUT2D eigenvalue weighted by Gasteiger charge is 2.21. The Morgan fingerprint density at radius 2 is 1.66 bits per heavy atom. The fraction of sp³-hybridized carbons (Fsp3) is 0.435. The third-order valence-corrected chi connectivity index (χ3v) is 5.58. The van der Waals surface area contributed by atoms with Crippen molar-refractivity contribution in [2.24, 2.45) is 0 Å². The number of ether oxygens (including phenoxy) is 2. The molecule has 2 amide bonds. The summed E-state index contributed by atoms with van der Waals surface area (Å²) in [5, 5.41) is 3.02. The van der Waals surface area contributed by atoms with Crippen molar-refractivity contribution in [3.8, 4) is 11.5 Å². The molecule has 1 N–H and O–H groups in total. The highest BCUT2D eigenvalue weighted by atomic mass is 16.5. The lowest BCUT2D eigenvalue weighted by Gasteiger charge is -2.34. The van der Waals surface area contributed by atoms with Crippen molar-refractivity contribution in [1.29, 1.82) is 0 Å². The molecule has 2 aromatic carbocycles. The fourth-order valence-electron chi connectivity index (χ4n) is 3.52. The molecule has 2 aromatic rings. The molecule has 0 atom stereocenters. The number of anilines is 1. The zero-order valence-electron chi connectivity index (χ0n) is 17.8. The number of methoxy groups -OCH3 is 2. The first-order chi connectivity index (χ1) is 14.0. The van der Waals surface area contributed by atoms with Gasteiger partial charge >= 0.3 is 6.03 Å². The predicted molar refractivity (Wildman–Crippen MR) is 116 cm³/mol. The van der Waals surface area contributed by atoms with Crippen LogP contribution in [0.5, 0.6) is 11.5 Å². The summed E-state index contributed by atoms with van der Waals surface area (Å²) < 4.78 is 10.7. The summed E-state index contributed by atoms with van der Waals surface area (Å²) in [5.41, 5.74) is 4.49. The number of nitrogens with one attached hydrogen (secondary N) is 1. The van der Waals surface area contributed by atoms with E-state index in [9.17, 15) is 4.79 Å². The van der Waals surface area contributed by atoms with E-state index in [1.54, 1.807) is 14.2 Å². The Kier molecular flexibility index (Phi) is 6.99. The lowest BCUT2D eigenvalue weighted by molar-refractivity contribution is 0.148. The number of amides is 2. The van der Waals surface area contributed by atoms with E-state index in [2.05, 4.69) is 30.1 Å². The number of aryl methyl sites for hydroxylation is 2. The number of carbonyl (C=O) groups is 1. The maximum atomic E-state index is 12.6. The van der Waals surface area contributed by atoms with E-state index in [0.717, 1.165) is 56.3 Å². The van der Waals surface area contributed by atoms with Crippen molar-refractivity contribution in [3.05, 3.63) is 53.1 Å². The molecule has 1 heterocycles. The standard InChI is InChI=1S/C23H31N3O3/c1-17-5-7-20(15-18(17)2)24-23(27)26-13-11-25(12-14-26)10-9-19-6-8-21(28-3)22(16-19)29-4/h5-8,15-16H,9-14H2,1-4H3,(H,24,27). The first-order valence-corrected chi connectivity index (χ1v) is 10.1. The van der Waals surface area contributed by atoms with Gasteiger partial charge in [0.15, 0.2) is 11.5 Å². The van der Waals surface area contributed by atoms with Crippen LogP contribution >= 0.6 is 0 Å². The second-order valence-corrected chi connectivity index (χ2v) is 7.50. The molecule has 1 saturated heterocycles. The van der Waals surface area contributed by atoms with Gasteiger partial charge in [-0.3, -0.25) is 4.90 Å². The molecule has 156 valence electrons. The SMILES string of the molecule is COc1ccc(CCN2CCN(C(=O)Nc3ccc(C)c(C)c3)CC2)cc1OC. The van der Waals surface area contributed by atoms with E-state index < -0.39 is 0 Å². The molecule has 0 radical (unpaired) electrons. The fourth-order valence-corrected chi connectivity index (χ4v) is 3.52. The second kappa shape index (κ2) is 9.65. The molecule has 29 heavy (non-hydrogen) atoms. The van der Waals surface area contributed by atoms with Gasteiger partial charge in [0.25, 0.3) is 0 Å². The van der Waals surface area contributed by atoms with Gasteiger partial charge in [-0.25, -0.2) is 4.79 Å². The molecular formula is C23H31N3O3. The van der Waals surface area contributed by atoms with Crippen LogP contribution in [0.15, 0.2) is 36.4 Å². The minimum Gasteiger partial charge on any atom is -0.493 e. The summed E-state index contributed by atoms with van der Waals surface area (Å²) in [6.45, 7) is 8.33. The smallest absolute Gasteiger partial charge is 0.321 e. The van der Waals surface area contributed by atoms with Crippen molar-refractivity contribution in [2.75, 3.05) is 52.3 Å². The maximum absolute atomic E-state index is 12.6. The van der Waals surface area contributed by atoms with Crippen LogP contribution in [0.4, 0.5) is 10.5 Å². The van der Waals surface area contributed by atoms with E-state index in [-0.39, 0.29) is 6.03 Å². The Morgan fingerprint density at radius 1 is 0.931 bits per heavy atom. The zero-order valence-corrected chi connectivity index (χ0v) is 17.8. The summed E-state index contributed by atoms with van der Waals surface area (Å²) in [7, 11) is 3.30. The summed E-state index contributed by atoms with van der Waals surface area (Å²) in [4.78, 5) is 16.8. The molecular weight excluding hydrogens is 366 g/mol. The summed E-state index contributed by atoms with van der Waals surface area (Å²) in [6.07, 6.45) is 0.940. The van der Waals surface area contributed by atoms with E-state index >= 15 is 0 Å². The van der Waals surface area contributed by atoms with Gasteiger partial charge < -0.3 is 19.7 Å². The molecule has 1 aliphatic rings. The van der Waals surface area contributed by atoms with Gasteiger partial charge in [-0.1, -0.05) is 12.1 Å². The zero-order chi connectivity index (χ0) is 20.8. The molecule has 0 aliphatic carbocycles. The van der Waals surface area contributed by atoms with Crippen molar-refractivity contribution >= 4 is 11.7 Å². The van der Waals surface area contributed by atoms with Crippen LogP contribution in [0.2, 0.25) is 0 Å². The largest absolute Gasteiger partial charge is 0.493 e. The van der Waals surface area contributed by atoms with E-state index in [1.807, 2.05) is 35.2 Å². The topological polar surface area (TPSA) is 54.0 Å². The molecule has 3 rings (SSSR count). The van der Waals surface area contributed by atoms with Gasteiger partial charge in [0.05, 0.1) is 14.2 Å². The number of hydrogen-bond acceptors (Lipinski definition) is 4. The number of hydrogen-bond donors (Lipinski definition) is 1. The summed E-state index contributed by atoms with van der Waals surface area (Å²) in [5.74, 6) is 1.51. The van der Waals surface area contributed by atoms with Crippen molar-refractivity contribution in [3.63, 3.8) is 0 Å². The van der Waals surface area contributed by atoms with Gasteiger partial charge in [0, 0.05) is 38.4 Å². The van der Waals surface area contributed by atoms with Crippen molar-refractivity contribution in [2.45, 2.75) is 20.3 Å². The average Bonchev–Trinajstić information content (AvgIpc) is 2.75. The minimum absolute atomic E-state index is 0.0206. The van der Waals surface area contributed by atoms with E-state index in [1.165, 1.54) is 16.7 Å². The quantitative estimate of drug-likeness (QED) is 0.807. The van der Waals surface area contributed by atoms with E-state index in [0.29, 0.717) is 0 Å². The average molecular weight is 398 g/mol. The Hall–Kier alpha value is -2.73. The maximum Gasteiger partial charge on any atom is 0.321 e. The molecule has 0 saturated carbocycles. The van der Waals surface area contributed by atoms with E-state index in [4.69, 9.17) is 9.47 Å². The molecule has 6 heteroatoms. The Balaban J connectivity index is 1.46. The molecule has 0 bridgehead atoms. The molecule has 6 nitrogen and oxygen atoms in total. The molecule has 1 aliphatic heterocycles.